The first-order chi connectivity index (χ1) is 10.0. The van der Waals surface area contributed by atoms with Gasteiger partial charge >= 0.3 is 0 Å². The van der Waals surface area contributed by atoms with E-state index in [4.69, 9.17) is 0 Å². The molecule has 1 spiro atoms. The van der Waals surface area contributed by atoms with E-state index in [0.717, 1.165) is 36.8 Å². The van der Waals surface area contributed by atoms with Gasteiger partial charge in [-0.2, -0.15) is 0 Å². The Labute approximate surface area is 124 Å². The molecule has 2 heterocycles. The highest BCUT2D eigenvalue weighted by Gasteiger charge is 2.50. The normalized spacial score (nSPS) is 24.5. The van der Waals surface area contributed by atoms with Crippen molar-refractivity contribution < 1.29 is 9.59 Å². The van der Waals surface area contributed by atoms with Crippen LogP contribution in [-0.4, -0.2) is 33.3 Å². The lowest BCUT2D eigenvalue weighted by atomic mass is 9.90. The van der Waals surface area contributed by atoms with Crippen molar-refractivity contribution in [2.24, 2.45) is 0 Å². The van der Waals surface area contributed by atoms with Gasteiger partial charge in [0.25, 0.3) is 0 Å². The summed E-state index contributed by atoms with van der Waals surface area (Å²) in [5, 5.41) is 2.98. The van der Waals surface area contributed by atoms with E-state index in [1.807, 2.05) is 13.0 Å². The van der Waals surface area contributed by atoms with Crippen LogP contribution in [0.25, 0.3) is 0 Å². The number of piperazine rings is 1. The van der Waals surface area contributed by atoms with Gasteiger partial charge in [0.05, 0.1) is 0 Å². The molecule has 1 aromatic heterocycles. The average molecular weight is 287 g/mol. The highest BCUT2D eigenvalue weighted by Crippen LogP contribution is 2.35. The van der Waals surface area contributed by atoms with Gasteiger partial charge in [-0.15, -0.1) is 0 Å². The van der Waals surface area contributed by atoms with E-state index >= 15 is 0 Å². The van der Waals surface area contributed by atoms with Crippen molar-refractivity contribution in [3.63, 3.8) is 0 Å². The maximum absolute atomic E-state index is 12.9. The van der Waals surface area contributed by atoms with E-state index in [2.05, 4.69) is 10.3 Å². The van der Waals surface area contributed by atoms with Crippen LogP contribution >= 0.6 is 0 Å². The fraction of sp³-hybridized carbons (Fsp3) is 0.562. The predicted molar refractivity (Wildman–Crippen MR) is 78.3 cm³/mol. The summed E-state index contributed by atoms with van der Waals surface area (Å²) < 4.78 is 0. The molecule has 2 fully saturated rings. The summed E-state index contributed by atoms with van der Waals surface area (Å²) in [6.07, 6.45) is 7.05. The van der Waals surface area contributed by atoms with Crippen LogP contribution in [0, 0.1) is 6.92 Å². The molecule has 1 saturated heterocycles. The zero-order valence-corrected chi connectivity index (χ0v) is 12.6. The molecule has 1 atom stereocenters. The van der Waals surface area contributed by atoms with Gasteiger partial charge in [-0.1, -0.05) is 12.8 Å². The molecule has 0 bridgehead atoms. The van der Waals surface area contributed by atoms with Gasteiger partial charge in [-0.3, -0.25) is 14.6 Å². The third kappa shape index (κ3) is 2.30. The molecule has 1 aliphatic heterocycles. The number of nitrogens with zero attached hydrogens (tertiary/aromatic N) is 2. The molecule has 3 rings (SSSR count). The van der Waals surface area contributed by atoms with Crippen molar-refractivity contribution >= 4 is 11.8 Å². The Hall–Kier alpha value is -1.91. The predicted octanol–water partition coefficient (Wildman–Crippen LogP) is 1.55. The molecular formula is C16H21N3O2. The van der Waals surface area contributed by atoms with Crippen LogP contribution < -0.4 is 5.32 Å². The summed E-state index contributed by atoms with van der Waals surface area (Å²) in [5.74, 6) is 0.0338. The Kier molecular flexibility index (Phi) is 3.43. The Morgan fingerprint density at radius 2 is 2.10 bits per heavy atom. The van der Waals surface area contributed by atoms with E-state index in [0.29, 0.717) is 6.54 Å². The monoisotopic (exact) mass is 287 g/mol. The summed E-state index contributed by atoms with van der Waals surface area (Å²) in [7, 11) is 0. The Bertz CT molecular complexity index is 579. The molecule has 5 heteroatoms. The lowest BCUT2D eigenvalue weighted by Crippen LogP contribution is -2.68. The van der Waals surface area contributed by atoms with Gasteiger partial charge in [0.1, 0.15) is 11.6 Å². The van der Waals surface area contributed by atoms with Crippen LogP contribution in [0.5, 0.6) is 0 Å². The number of nitrogens with one attached hydrogen (secondary N) is 1. The Balaban J connectivity index is 1.90. The first-order valence-corrected chi connectivity index (χ1v) is 7.56. The number of carbonyl (C=O) groups is 2. The zero-order valence-electron chi connectivity index (χ0n) is 12.6. The number of aryl methyl sites for hydroxylation is 1. The molecule has 1 aliphatic carbocycles. The van der Waals surface area contributed by atoms with Crippen LogP contribution in [0.1, 0.15) is 43.7 Å². The van der Waals surface area contributed by atoms with Gasteiger partial charge in [-0.25, -0.2) is 0 Å². The van der Waals surface area contributed by atoms with Crippen LogP contribution in [0.2, 0.25) is 0 Å². The van der Waals surface area contributed by atoms with Crippen molar-refractivity contribution in [1.82, 2.24) is 15.2 Å². The maximum Gasteiger partial charge on any atom is 0.249 e. The van der Waals surface area contributed by atoms with Gasteiger partial charge in [-0.05, 0) is 43.9 Å². The summed E-state index contributed by atoms with van der Waals surface area (Å²) >= 11 is 0. The number of hydrogen-bond acceptors (Lipinski definition) is 3. The van der Waals surface area contributed by atoms with Gasteiger partial charge in [0, 0.05) is 18.9 Å². The smallest absolute Gasteiger partial charge is 0.249 e. The summed E-state index contributed by atoms with van der Waals surface area (Å²) in [6, 6.07) is 1.50. The first-order valence-electron chi connectivity index (χ1n) is 7.56. The largest absolute Gasteiger partial charge is 0.340 e. The number of carbonyl (C=O) groups excluding carboxylic acids is 2. The molecule has 0 radical (unpaired) electrons. The van der Waals surface area contributed by atoms with Crippen LogP contribution in [0.15, 0.2) is 18.5 Å². The summed E-state index contributed by atoms with van der Waals surface area (Å²) in [5.41, 5.74) is 1.45. The van der Waals surface area contributed by atoms with E-state index in [-0.39, 0.29) is 11.8 Å². The second kappa shape index (κ2) is 5.13. The molecule has 21 heavy (non-hydrogen) atoms. The van der Waals surface area contributed by atoms with Crippen molar-refractivity contribution in [1.29, 1.82) is 0 Å². The lowest BCUT2D eigenvalue weighted by Gasteiger charge is -2.43. The average Bonchev–Trinajstić information content (AvgIpc) is 2.93. The van der Waals surface area contributed by atoms with Crippen LogP contribution in [0.3, 0.4) is 0 Å². The highest BCUT2D eigenvalue weighted by atomic mass is 16.2. The van der Waals surface area contributed by atoms with E-state index in [1.54, 1.807) is 24.2 Å². The minimum absolute atomic E-state index is 0.0387. The van der Waals surface area contributed by atoms with Crippen LogP contribution in [0.4, 0.5) is 0 Å². The van der Waals surface area contributed by atoms with Crippen molar-refractivity contribution in [3.8, 4) is 0 Å². The highest BCUT2D eigenvalue weighted by molar-refractivity contribution is 5.99. The van der Waals surface area contributed by atoms with E-state index in [9.17, 15) is 9.59 Å². The van der Waals surface area contributed by atoms with Crippen molar-refractivity contribution in [3.05, 3.63) is 29.6 Å². The Morgan fingerprint density at radius 1 is 1.38 bits per heavy atom. The SMILES string of the molecule is Cc1cnccc1CN1C(=O)C2(CCCC2)NC(=O)C1C. The lowest BCUT2D eigenvalue weighted by molar-refractivity contribution is -0.154. The minimum Gasteiger partial charge on any atom is -0.340 e. The van der Waals surface area contributed by atoms with Gasteiger partial charge in [0.2, 0.25) is 11.8 Å². The molecule has 1 N–H and O–H groups in total. The first kappa shape index (κ1) is 14.0. The molecule has 1 aromatic rings. The van der Waals surface area contributed by atoms with Gasteiger partial charge in [0.15, 0.2) is 0 Å². The standard InChI is InChI=1S/C16H21N3O2/c1-11-9-17-8-5-13(11)10-19-12(2)14(20)18-16(15(19)21)6-3-4-7-16/h5,8-9,12H,3-4,6-7,10H2,1-2H3,(H,18,20). The van der Waals surface area contributed by atoms with Crippen LogP contribution in [-0.2, 0) is 16.1 Å². The third-order valence-corrected chi connectivity index (χ3v) is 4.81. The summed E-state index contributed by atoms with van der Waals surface area (Å²) in [4.78, 5) is 31.0. The number of pyridine rings is 1. The van der Waals surface area contributed by atoms with Crippen molar-refractivity contribution in [2.45, 2.75) is 57.7 Å². The summed E-state index contributed by atoms with van der Waals surface area (Å²) in [6.45, 7) is 4.25. The van der Waals surface area contributed by atoms with E-state index < -0.39 is 11.6 Å². The second-order valence-corrected chi connectivity index (χ2v) is 6.19. The fourth-order valence-corrected chi connectivity index (χ4v) is 3.38. The van der Waals surface area contributed by atoms with E-state index in [1.165, 1.54) is 0 Å². The molecule has 0 aromatic carbocycles. The number of rotatable bonds is 2. The van der Waals surface area contributed by atoms with Gasteiger partial charge < -0.3 is 10.2 Å². The fourth-order valence-electron chi connectivity index (χ4n) is 3.38. The minimum atomic E-state index is -0.648. The topological polar surface area (TPSA) is 62.3 Å². The Morgan fingerprint density at radius 3 is 2.76 bits per heavy atom. The quantitative estimate of drug-likeness (QED) is 0.897. The third-order valence-electron chi connectivity index (χ3n) is 4.81. The number of aromatic nitrogens is 1. The maximum atomic E-state index is 12.9. The molecule has 1 saturated carbocycles. The number of amides is 2. The molecule has 5 nitrogen and oxygen atoms in total. The number of hydrogen-bond donors (Lipinski definition) is 1. The van der Waals surface area contributed by atoms with Crippen molar-refractivity contribution in [2.75, 3.05) is 0 Å². The molecule has 2 aliphatic rings. The molecule has 1 unspecified atom stereocenters. The molecule has 112 valence electrons. The second-order valence-electron chi connectivity index (χ2n) is 6.19. The molecular weight excluding hydrogens is 266 g/mol. The zero-order chi connectivity index (χ0) is 15.0. The molecule has 2 amide bonds.